The summed E-state index contributed by atoms with van der Waals surface area (Å²) in [5.74, 6) is -1.37. The number of rotatable bonds is 8. The molecule has 0 atom stereocenters. The van der Waals surface area contributed by atoms with E-state index in [1.165, 1.54) is 17.0 Å². The molecule has 1 fully saturated rings. The number of unbranched alkanes of at least 4 members (excludes halogenated alkanes) is 2. The molecule has 0 radical (unpaired) electrons. The summed E-state index contributed by atoms with van der Waals surface area (Å²) in [5.41, 5.74) is 0.275. The van der Waals surface area contributed by atoms with E-state index in [4.69, 9.17) is 12.2 Å². The fourth-order valence-electron chi connectivity index (χ4n) is 2.33. The Morgan fingerprint density at radius 3 is 2.68 bits per heavy atom. The predicted octanol–water partition coefficient (Wildman–Crippen LogP) is 2.11. The maximum Gasteiger partial charge on any atom is 0.276 e. The highest BCUT2D eigenvalue weighted by molar-refractivity contribution is 8.26. The second-order valence-electron chi connectivity index (χ2n) is 5.33. The standard InChI is InChI=1S/C16H16N2O5S2/c19-14(20)8-2-1-5-9-17-15(21)13(25-16(17)24)10-11-6-3-4-7-12(11)18(22)23/h3-4,6-7,10H,1-2,5,8-9H2,(H,19,20)/p-1. The van der Waals surface area contributed by atoms with Crippen LogP contribution in [0.15, 0.2) is 29.2 Å². The van der Waals surface area contributed by atoms with Crippen LogP contribution < -0.4 is 5.11 Å². The number of nitro benzene ring substituents is 1. The summed E-state index contributed by atoms with van der Waals surface area (Å²) in [6.45, 7) is 0.395. The van der Waals surface area contributed by atoms with Gasteiger partial charge in [-0.2, -0.15) is 0 Å². The molecule has 1 aliphatic rings. The molecule has 1 aromatic carbocycles. The number of carbonyl (C=O) groups excluding carboxylic acids is 2. The first-order valence-electron chi connectivity index (χ1n) is 7.59. The van der Waals surface area contributed by atoms with Gasteiger partial charge in [0, 0.05) is 18.6 Å². The number of carboxylic acid groups (broad SMARTS) is 1. The lowest BCUT2D eigenvalue weighted by atomic mass is 10.1. The molecule has 0 saturated carbocycles. The van der Waals surface area contributed by atoms with Gasteiger partial charge < -0.3 is 9.90 Å². The molecule has 1 saturated heterocycles. The van der Waals surface area contributed by atoms with Gasteiger partial charge in [-0.05, 0) is 31.4 Å². The van der Waals surface area contributed by atoms with E-state index >= 15 is 0 Å². The number of carboxylic acids is 1. The maximum atomic E-state index is 12.4. The lowest BCUT2D eigenvalue weighted by molar-refractivity contribution is -0.385. The number of nitro groups is 1. The van der Waals surface area contributed by atoms with Crippen LogP contribution in [0.3, 0.4) is 0 Å². The van der Waals surface area contributed by atoms with Crippen molar-refractivity contribution in [1.29, 1.82) is 0 Å². The summed E-state index contributed by atoms with van der Waals surface area (Å²) >= 11 is 6.31. The summed E-state index contributed by atoms with van der Waals surface area (Å²) in [5, 5.41) is 21.4. The molecule has 0 aromatic heterocycles. The fraction of sp³-hybridized carbons (Fsp3) is 0.312. The number of carbonyl (C=O) groups is 2. The third kappa shape index (κ3) is 5.10. The third-order valence-electron chi connectivity index (χ3n) is 3.56. The van der Waals surface area contributed by atoms with Crippen molar-refractivity contribution in [1.82, 2.24) is 4.90 Å². The van der Waals surface area contributed by atoms with Crippen molar-refractivity contribution < 1.29 is 19.6 Å². The third-order valence-corrected chi connectivity index (χ3v) is 4.93. The highest BCUT2D eigenvalue weighted by Gasteiger charge is 2.32. The van der Waals surface area contributed by atoms with Crippen LogP contribution >= 0.6 is 24.0 Å². The molecule has 132 valence electrons. The van der Waals surface area contributed by atoms with Crippen molar-refractivity contribution in [2.75, 3.05) is 6.54 Å². The molecule has 25 heavy (non-hydrogen) atoms. The molecule has 1 aromatic rings. The number of thiocarbonyl (C=S) groups is 1. The fourth-order valence-corrected chi connectivity index (χ4v) is 3.63. The van der Waals surface area contributed by atoms with Crippen molar-refractivity contribution in [2.45, 2.75) is 25.7 Å². The molecule has 0 N–H and O–H groups in total. The lowest BCUT2D eigenvalue weighted by Gasteiger charge is -2.14. The Hall–Kier alpha value is -2.26. The van der Waals surface area contributed by atoms with E-state index in [0.717, 1.165) is 11.8 Å². The molecule has 1 aliphatic heterocycles. The van der Waals surface area contributed by atoms with E-state index in [1.807, 2.05) is 0 Å². The van der Waals surface area contributed by atoms with Crippen LogP contribution in [0.1, 0.15) is 31.2 Å². The largest absolute Gasteiger partial charge is 0.550 e. The van der Waals surface area contributed by atoms with E-state index in [-0.39, 0.29) is 18.0 Å². The molecule has 1 heterocycles. The summed E-state index contributed by atoms with van der Waals surface area (Å²) in [7, 11) is 0. The second kappa shape index (κ2) is 8.72. The summed E-state index contributed by atoms with van der Waals surface area (Å²) in [6, 6.07) is 6.18. The number of para-hydroxylation sites is 1. The molecule has 0 unspecified atom stereocenters. The molecule has 7 nitrogen and oxygen atoms in total. The summed E-state index contributed by atoms with van der Waals surface area (Å²) < 4.78 is 0.398. The van der Waals surface area contributed by atoms with Crippen LogP contribution in [0.2, 0.25) is 0 Å². The van der Waals surface area contributed by atoms with E-state index in [0.29, 0.717) is 40.6 Å². The molecule has 0 spiro atoms. The minimum absolute atomic E-state index is 0.00400. The highest BCUT2D eigenvalue weighted by atomic mass is 32.2. The maximum absolute atomic E-state index is 12.4. The quantitative estimate of drug-likeness (QED) is 0.224. The Labute approximate surface area is 153 Å². The van der Waals surface area contributed by atoms with Crippen molar-refractivity contribution in [3.05, 3.63) is 44.8 Å². The minimum Gasteiger partial charge on any atom is -0.550 e. The number of hydrogen-bond donors (Lipinski definition) is 0. The number of hydrogen-bond acceptors (Lipinski definition) is 7. The minimum atomic E-state index is -1.09. The van der Waals surface area contributed by atoms with Gasteiger partial charge in [0.15, 0.2) is 0 Å². The van der Waals surface area contributed by atoms with Gasteiger partial charge in [0.25, 0.3) is 11.6 Å². The molecule has 0 aliphatic carbocycles. The zero-order chi connectivity index (χ0) is 18.4. The first kappa shape index (κ1) is 19.1. The normalized spacial score (nSPS) is 15.8. The molecule has 9 heteroatoms. The Bertz CT molecular complexity index is 748. The van der Waals surface area contributed by atoms with Crippen molar-refractivity contribution in [2.24, 2.45) is 0 Å². The first-order chi connectivity index (χ1) is 11.9. The monoisotopic (exact) mass is 379 g/mol. The number of nitrogens with zero attached hydrogens (tertiary/aromatic N) is 2. The van der Waals surface area contributed by atoms with E-state index < -0.39 is 10.9 Å². The smallest absolute Gasteiger partial charge is 0.276 e. The summed E-state index contributed by atoms with van der Waals surface area (Å²) in [6.07, 6.45) is 3.24. The number of benzene rings is 1. The van der Waals surface area contributed by atoms with Gasteiger partial charge in [0.05, 0.1) is 15.4 Å². The van der Waals surface area contributed by atoms with Crippen LogP contribution in [-0.2, 0) is 9.59 Å². The Morgan fingerprint density at radius 1 is 1.28 bits per heavy atom. The molecule has 2 rings (SSSR count). The zero-order valence-corrected chi connectivity index (χ0v) is 14.8. The van der Waals surface area contributed by atoms with Gasteiger partial charge in [-0.3, -0.25) is 19.8 Å². The predicted molar refractivity (Wildman–Crippen MR) is 96.5 cm³/mol. The van der Waals surface area contributed by atoms with Gasteiger partial charge in [-0.15, -0.1) is 0 Å². The Balaban J connectivity index is 2.03. The average Bonchev–Trinajstić information content (AvgIpc) is 2.81. The van der Waals surface area contributed by atoms with Crippen molar-refractivity contribution in [3.8, 4) is 0 Å². The lowest BCUT2D eigenvalue weighted by Crippen LogP contribution is -2.29. The number of thioether (sulfide) groups is 1. The second-order valence-corrected chi connectivity index (χ2v) is 7.01. The average molecular weight is 379 g/mol. The first-order valence-corrected chi connectivity index (χ1v) is 8.81. The Kier molecular flexibility index (Phi) is 6.65. The van der Waals surface area contributed by atoms with E-state index in [9.17, 15) is 24.8 Å². The molecule has 0 bridgehead atoms. The van der Waals surface area contributed by atoms with Gasteiger partial charge in [0.2, 0.25) is 0 Å². The van der Waals surface area contributed by atoms with Crippen LogP contribution in [0, 0.1) is 10.1 Å². The molecular weight excluding hydrogens is 364 g/mol. The number of amides is 1. The van der Waals surface area contributed by atoms with Gasteiger partial charge in [-0.1, -0.05) is 42.5 Å². The van der Waals surface area contributed by atoms with E-state index in [2.05, 4.69) is 0 Å². The molecule has 1 amide bonds. The summed E-state index contributed by atoms with van der Waals surface area (Å²) in [4.78, 5) is 35.2. The SMILES string of the molecule is O=C([O-])CCCCCN1C(=O)C(=Cc2ccccc2[N+](=O)[O-])SC1=S. The van der Waals surface area contributed by atoms with E-state index in [1.54, 1.807) is 18.2 Å². The van der Waals surface area contributed by atoms with Crippen LogP contribution in [0.25, 0.3) is 6.08 Å². The zero-order valence-electron chi connectivity index (χ0n) is 13.2. The topological polar surface area (TPSA) is 104 Å². The number of aliphatic carboxylic acids is 1. The Morgan fingerprint density at radius 2 is 2.00 bits per heavy atom. The van der Waals surface area contributed by atoms with Gasteiger partial charge >= 0.3 is 0 Å². The van der Waals surface area contributed by atoms with Crippen LogP contribution in [0.5, 0.6) is 0 Å². The van der Waals surface area contributed by atoms with Crippen molar-refractivity contribution >= 4 is 51.9 Å². The van der Waals surface area contributed by atoms with Gasteiger partial charge in [0.1, 0.15) is 4.32 Å². The van der Waals surface area contributed by atoms with Crippen molar-refractivity contribution in [3.63, 3.8) is 0 Å². The highest BCUT2D eigenvalue weighted by Crippen LogP contribution is 2.34. The van der Waals surface area contributed by atoms with Crippen LogP contribution in [-0.4, -0.2) is 32.6 Å². The molecular formula is C16H15N2O5S2-. The van der Waals surface area contributed by atoms with Gasteiger partial charge in [-0.25, -0.2) is 0 Å². The van der Waals surface area contributed by atoms with Crippen LogP contribution in [0.4, 0.5) is 5.69 Å².